The summed E-state index contributed by atoms with van der Waals surface area (Å²) in [6.45, 7) is 2.22. The lowest BCUT2D eigenvalue weighted by atomic mass is 10.2. The van der Waals surface area contributed by atoms with Gasteiger partial charge in [0, 0.05) is 19.6 Å². The number of pyridine rings is 1. The third-order valence-corrected chi connectivity index (χ3v) is 2.57. The van der Waals surface area contributed by atoms with Gasteiger partial charge in [-0.1, -0.05) is 6.07 Å². The Morgan fingerprint density at radius 1 is 1.56 bits per heavy atom. The topological polar surface area (TPSA) is 65.5 Å². The maximum atomic E-state index is 10.4. The molecule has 2 heterocycles. The lowest BCUT2D eigenvalue weighted by molar-refractivity contribution is -0.136. The molecule has 0 spiro atoms. The Morgan fingerprint density at radius 3 is 3.12 bits per heavy atom. The summed E-state index contributed by atoms with van der Waals surface area (Å²) < 4.78 is 0. The minimum absolute atomic E-state index is 0.110. The van der Waals surface area contributed by atoms with Crippen molar-refractivity contribution in [2.75, 3.05) is 18.9 Å². The van der Waals surface area contributed by atoms with Crippen LogP contribution in [-0.4, -0.2) is 34.6 Å². The SMILES string of the molecule is CN1Cc2ccc(NCCC(=O)O)nc2C1. The number of hydrogen-bond acceptors (Lipinski definition) is 4. The molecule has 5 nitrogen and oxygen atoms in total. The highest BCUT2D eigenvalue weighted by atomic mass is 16.4. The number of aromatic nitrogens is 1. The Kier molecular flexibility index (Phi) is 3.05. The Bertz CT molecular complexity index is 406. The van der Waals surface area contributed by atoms with Gasteiger partial charge in [0.1, 0.15) is 5.82 Å². The number of aliphatic carboxylic acids is 1. The fourth-order valence-electron chi connectivity index (χ4n) is 1.81. The Balaban J connectivity index is 1.97. The minimum Gasteiger partial charge on any atom is -0.481 e. The van der Waals surface area contributed by atoms with Gasteiger partial charge in [0.2, 0.25) is 0 Å². The van der Waals surface area contributed by atoms with Gasteiger partial charge in [-0.3, -0.25) is 9.69 Å². The average Bonchev–Trinajstić information content (AvgIpc) is 2.56. The molecule has 1 aliphatic heterocycles. The smallest absolute Gasteiger partial charge is 0.305 e. The van der Waals surface area contributed by atoms with Crippen LogP contribution in [0.5, 0.6) is 0 Å². The lowest BCUT2D eigenvalue weighted by Gasteiger charge is -2.05. The number of carbonyl (C=O) groups is 1. The summed E-state index contributed by atoms with van der Waals surface area (Å²) in [5, 5.41) is 11.5. The molecule has 2 N–H and O–H groups in total. The van der Waals surface area contributed by atoms with Crippen LogP contribution in [0.15, 0.2) is 12.1 Å². The summed E-state index contributed by atoms with van der Waals surface area (Å²) in [7, 11) is 2.05. The van der Waals surface area contributed by atoms with Crippen LogP contribution in [0, 0.1) is 0 Å². The first kappa shape index (κ1) is 10.9. The van der Waals surface area contributed by atoms with Crippen LogP contribution in [-0.2, 0) is 17.9 Å². The zero-order chi connectivity index (χ0) is 11.5. The lowest BCUT2D eigenvalue weighted by Crippen LogP contribution is -2.09. The molecule has 0 atom stereocenters. The van der Waals surface area contributed by atoms with Gasteiger partial charge in [0.15, 0.2) is 0 Å². The van der Waals surface area contributed by atoms with Crippen molar-refractivity contribution in [2.45, 2.75) is 19.5 Å². The monoisotopic (exact) mass is 221 g/mol. The van der Waals surface area contributed by atoms with E-state index in [2.05, 4.69) is 28.3 Å². The predicted molar refractivity (Wildman–Crippen MR) is 60.2 cm³/mol. The minimum atomic E-state index is -0.798. The van der Waals surface area contributed by atoms with E-state index in [9.17, 15) is 4.79 Å². The molecule has 1 aromatic rings. The van der Waals surface area contributed by atoms with Crippen molar-refractivity contribution in [3.63, 3.8) is 0 Å². The highest BCUT2D eigenvalue weighted by molar-refractivity contribution is 5.67. The Hall–Kier alpha value is -1.62. The van der Waals surface area contributed by atoms with Crippen LogP contribution in [0.4, 0.5) is 5.82 Å². The third-order valence-electron chi connectivity index (χ3n) is 2.57. The van der Waals surface area contributed by atoms with E-state index < -0.39 is 5.97 Å². The number of fused-ring (bicyclic) bond motifs is 1. The van der Waals surface area contributed by atoms with Crippen LogP contribution < -0.4 is 5.32 Å². The van der Waals surface area contributed by atoms with Crippen LogP contribution >= 0.6 is 0 Å². The van der Waals surface area contributed by atoms with Crippen molar-refractivity contribution in [3.8, 4) is 0 Å². The first-order valence-corrected chi connectivity index (χ1v) is 5.28. The molecule has 0 saturated carbocycles. The summed E-state index contributed by atoms with van der Waals surface area (Å²) in [4.78, 5) is 17.0. The normalized spacial score (nSPS) is 14.8. The number of hydrogen-bond donors (Lipinski definition) is 2. The largest absolute Gasteiger partial charge is 0.481 e. The summed E-state index contributed by atoms with van der Waals surface area (Å²) in [5.41, 5.74) is 2.34. The van der Waals surface area contributed by atoms with Crippen LogP contribution in [0.1, 0.15) is 17.7 Å². The maximum absolute atomic E-state index is 10.4. The maximum Gasteiger partial charge on any atom is 0.305 e. The van der Waals surface area contributed by atoms with E-state index in [1.807, 2.05) is 6.07 Å². The molecule has 0 aliphatic carbocycles. The van der Waals surface area contributed by atoms with E-state index in [0.717, 1.165) is 24.6 Å². The molecule has 5 heteroatoms. The van der Waals surface area contributed by atoms with Gasteiger partial charge < -0.3 is 10.4 Å². The van der Waals surface area contributed by atoms with E-state index in [1.54, 1.807) is 0 Å². The van der Waals surface area contributed by atoms with Gasteiger partial charge in [0.25, 0.3) is 0 Å². The fourth-order valence-corrected chi connectivity index (χ4v) is 1.81. The molecule has 0 saturated heterocycles. The molecular weight excluding hydrogens is 206 g/mol. The zero-order valence-corrected chi connectivity index (χ0v) is 9.23. The number of carboxylic acids is 1. The second-order valence-electron chi connectivity index (χ2n) is 4.05. The van der Waals surface area contributed by atoms with Gasteiger partial charge in [0.05, 0.1) is 12.1 Å². The highest BCUT2D eigenvalue weighted by Gasteiger charge is 2.16. The molecule has 0 radical (unpaired) electrons. The first-order valence-electron chi connectivity index (χ1n) is 5.28. The average molecular weight is 221 g/mol. The van der Waals surface area contributed by atoms with Crippen LogP contribution in [0.2, 0.25) is 0 Å². The molecule has 1 aromatic heterocycles. The number of anilines is 1. The fraction of sp³-hybridized carbons (Fsp3) is 0.455. The molecule has 0 fully saturated rings. The van der Waals surface area contributed by atoms with Gasteiger partial charge in [-0.2, -0.15) is 0 Å². The summed E-state index contributed by atoms with van der Waals surface area (Å²) in [5.74, 6) is -0.0382. The predicted octanol–water partition coefficient (Wildman–Crippen LogP) is 0.914. The highest BCUT2D eigenvalue weighted by Crippen LogP contribution is 2.20. The van der Waals surface area contributed by atoms with Crippen LogP contribution in [0.25, 0.3) is 0 Å². The molecule has 1 aliphatic rings. The zero-order valence-electron chi connectivity index (χ0n) is 9.23. The molecule has 0 bridgehead atoms. The van der Waals surface area contributed by atoms with Crippen molar-refractivity contribution >= 4 is 11.8 Å². The van der Waals surface area contributed by atoms with Gasteiger partial charge in [-0.05, 0) is 18.7 Å². The summed E-state index contributed by atoms with van der Waals surface area (Å²) in [6, 6.07) is 3.95. The quantitative estimate of drug-likeness (QED) is 0.791. The molecular formula is C11H15N3O2. The second kappa shape index (κ2) is 4.49. The Morgan fingerprint density at radius 2 is 2.38 bits per heavy atom. The molecule has 0 unspecified atom stereocenters. The van der Waals surface area contributed by atoms with Crippen LogP contribution in [0.3, 0.4) is 0 Å². The molecule has 86 valence electrons. The standard InChI is InChI=1S/C11H15N3O2/c1-14-6-8-2-3-10(13-9(8)7-14)12-5-4-11(15)16/h2-3H,4-7H2,1H3,(H,12,13)(H,15,16). The van der Waals surface area contributed by atoms with E-state index in [1.165, 1.54) is 5.56 Å². The number of nitrogens with one attached hydrogen (secondary N) is 1. The van der Waals surface area contributed by atoms with E-state index in [4.69, 9.17) is 5.11 Å². The van der Waals surface area contributed by atoms with Gasteiger partial charge in [-0.25, -0.2) is 4.98 Å². The molecule has 0 aromatic carbocycles. The summed E-state index contributed by atoms with van der Waals surface area (Å²) >= 11 is 0. The van der Waals surface area contributed by atoms with Crippen molar-refractivity contribution in [3.05, 3.63) is 23.4 Å². The van der Waals surface area contributed by atoms with Crippen molar-refractivity contribution < 1.29 is 9.90 Å². The second-order valence-corrected chi connectivity index (χ2v) is 4.05. The van der Waals surface area contributed by atoms with E-state index >= 15 is 0 Å². The molecule has 2 rings (SSSR count). The molecule has 0 amide bonds. The van der Waals surface area contributed by atoms with Crippen molar-refractivity contribution in [1.29, 1.82) is 0 Å². The summed E-state index contributed by atoms with van der Waals surface area (Å²) in [6.07, 6.45) is 0.110. The van der Waals surface area contributed by atoms with Gasteiger partial charge >= 0.3 is 5.97 Å². The first-order chi connectivity index (χ1) is 7.65. The third kappa shape index (κ3) is 2.49. The van der Waals surface area contributed by atoms with Crippen molar-refractivity contribution in [1.82, 2.24) is 9.88 Å². The van der Waals surface area contributed by atoms with E-state index in [0.29, 0.717) is 6.54 Å². The molecule has 16 heavy (non-hydrogen) atoms. The number of carboxylic acid groups (broad SMARTS) is 1. The number of rotatable bonds is 4. The Labute approximate surface area is 94.1 Å². The van der Waals surface area contributed by atoms with E-state index in [-0.39, 0.29) is 6.42 Å². The van der Waals surface area contributed by atoms with Gasteiger partial charge in [-0.15, -0.1) is 0 Å². The number of nitrogens with zero attached hydrogens (tertiary/aromatic N) is 2. The van der Waals surface area contributed by atoms with Crippen molar-refractivity contribution in [2.24, 2.45) is 0 Å².